The maximum absolute atomic E-state index is 12.3. The highest BCUT2D eigenvalue weighted by Gasteiger charge is 2.38. The lowest BCUT2D eigenvalue weighted by molar-refractivity contribution is -0.160. The van der Waals surface area contributed by atoms with E-state index in [1.54, 1.807) is 0 Å². The molecule has 1 saturated carbocycles. The molecule has 1 aromatic rings. The third-order valence-electron chi connectivity index (χ3n) is 3.34. The van der Waals surface area contributed by atoms with Crippen molar-refractivity contribution in [3.8, 4) is 0 Å². The molecule has 1 aliphatic carbocycles. The average molecular weight is 360 g/mol. The van der Waals surface area contributed by atoms with Crippen molar-refractivity contribution in [3.05, 3.63) is 33.3 Å². The number of rotatable bonds is 4. The Morgan fingerprint density at radius 2 is 2.10 bits per heavy atom. The summed E-state index contributed by atoms with van der Waals surface area (Å²) in [6.45, 7) is 5.73. The number of carbonyl (C=O) groups excluding carboxylic acids is 1. The second kappa shape index (κ2) is 6.07. The maximum Gasteiger partial charge on any atom is 0.310 e. The van der Waals surface area contributed by atoms with Crippen LogP contribution in [0.2, 0.25) is 5.02 Å². The van der Waals surface area contributed by atoms with Crippen molar-refractivity contribution in [3.63, 3.8) is 0 Å². The molecule has 20 heavy (non-hydrogen) atoms. The van der Waals surface area contributed by atoms with E-state index in [1.807, 2.05) is 39.0 Å². The van der Waals surface area contributed by atoms with Gasteiger partial charge in [-0.05, 0) is 79.6 Å². The molecular weight excluding hydrogens is 340 g/mol. The molecule has 1 unspecified atom stereocenters. The van der Waals surface area contributed by atoms with Gasteiger partial charge in [0.1, 0.15) is 5.60 Å². The Hall–Kier alpha value is -0.540. The van der Waals surface area contributed by atoms with Crippen LogP contribution < -0.4 is 0 Å². The number of hydrogen-bond acceptors (Lipinski definition) is 2. The van der Waals surface area contributed by atoms with Crippen molar-refractivity contribution >= 4 is 33.5 Å². The second-order valence-corrected chi connectivity index (χ2v) is 7.69. The molecule has 0 radical (unpaired) electrons. The normalized spacial score (nSPS) is 16.9. The quantitative estimate of drug-likeness (QED) is 0.706. The van der Waals surface area contributed by atoms with E-state index >= 15 is 0 Å². The van der Waals surface area contributed by atoms with Gasteiger partial charge in [-0.25, -0.2) is 0 Å². The minimum atomic E-state index is -0.426. The molecule has 2 nitrogen and oxygen atoms in total. The van der Waals surface area contributed by atoms with E-state index in [9.17, 15) is 4.79 Å². The van der Waals surface area contributed by atoms with Gasteiger partial charge in [-0.2, -0.15) is 0 Å². The van der Waals surface area contributed by atoms with Crippen LogP contribution in [0.4, 0.5) is 0 Å². The summed E-state index contributed by atoms with van der Waals surface area (Å²) in [6, 6.07) is 5.83. The lowest BCUT2D eigenvalue weighted by atomic mass is 9.94. The third kappa shape index (κ3) is 4.49. The van der Waals surface area contributed by atoms with Gasteiger partial charge in [-0.1, -0.05) is 17.7 Å². The Labute approximate surface area is 134 Å². The third-order valence-corrected chi connectivity index (χ3v) is 4.55. The summed E-state index contributed by atoms with van der Waals surface area (Å²) in [5.74, 6) is 0.354. The molecule has 1 aromatic carbocycles. The van der Waals surface area contributed by atoms with Gasteiger partial charge >= 0.3 is 5.97 Å². The largest absolute Gasteiger partial charge is 0.460 e. The number of halogens is 2. The second-order valence-electron chi connectivity index (χ2n) is 6.43. The Bertz CT molecular complexity index is 504. The molecule has 1 fully saturated rings. The van der Waals surface area contributed by atoms with Crippen molar-refractivity contribution < 1.29 is 9.53 Å². The molecule has 1 aliphatic rings. The van der Waals surface area contributed by atoms with E-state index in [0.717, 1.165) is 29.3 Å². The minimum absolute atomic E-state index is 0.0395. The molecule has 0 amide bonds. The zero-order chi connectivity index (χ0) is 14.9. The van der Waals surface area contributed by atoms with Gasteiger partial charge in [0, 0.05) is 4.47 Å². The van der Waals surface area contributed by atoms with Gasteiger partial charge in [-0.15, -0.1) is 0 Å². The first-order chi connectivity index (χ1) is 9.26. The summed E-state index contributed by atoms with van der Waals surface area (Å²) in [5, 5.41) is 0.689. The van der Waals surface area contributed by atoms with Crippen LogP contribution in [0.3, 0.4) is 0 Å². The summed E-state index contributed by atoms with van der Waals surface area (Å²) in [6.07, 6.45) is 2.96. The lowest BCUT2D eigenvalue weighted by Crippen LogP contribution is -2.30. The summed E-state index contributed by atoms with van der Waals surface area (Å²) in [7, 11) is 0. The van der Waals surface area contributed by atoms with Crippen LogP contribution in [0.15, 0.2) is 22.7 Å². The molecule has 110 valence electrons. The number of benzene rings is 1. The first-order valence-corrected chi connectivity index (χ1v) is 8.10. The zero-order valence-corrected chi connectivity index (χ0v) is 14.4. The fourth-order valence-electron chi connectivity index (χ4n) is 2.24. The van der Waals surface area contributed by atoms with Gasteiger partial charge < -0.3 is 4.74 Å². The molecule has 0 aliphatic heterocycles. The Balaban J connectivity index is 2.09. The average Bonchev–Trinajstić information content (AvgIpc) is 3.12. The van der Waals surface area contributed by atoms with Crippen molar-refractivity contribution in [1.82, 2.24) is 0 Å². The van der Waals surface area contributed by atoms with E-state index in [4.69, 9.17) is 16.3 Å². The van der Waals surface area contributed by atoms with Crippen molar-refractivity contribution in [1.29, 1.82) is 0 Å². The van der Waals surface area contributed by atoms with E-state index in [2.05, 4.69) is 15.9 Å². The van der Waals surface area contributed by atoms with E-state index in [1.165, 1.54) is 0 Å². The number of ether oxygens (including phenoxy) is 1. The predicted molar refractivity (Wildman–Crippen MR) is 84.9 cm³/mol. The molecule has 0 spiro atoms. The van der Waals surface area contributed by atoms with Gasteiger partial charge in [0.2, 0.25) is 0 Å². The van der Waals surface area contributed by atoms with Crippen molar-refractivity contribution in [2.24, 2.45) is 11.8 Å². The highest BCUT2D eigenvalue weighted by atomic mass is 79.9. The molecule has 4 heteroatoms. The van der Waals surface area contributed by atoms with Crippen LogP contribution in [0.25, 0.3) is 0 Å². The van der Waals surface area contributed by atoms with Crippen molar-refractivity contribution in [2.45, 2.75) is 45.6 Å². The zero-order valence-electron chi connectivity index (χ0n) is 12.1. The first kappa shape index (κ1) is 15.8. The van der Waals surface area contributed by atoms with E-state index in [-0.39, 0.29) is 11.9 Å². The lowest BCUT2D eigenvalue weighted by Gasteiger charge is -2.24. The van der Waals surface area contributed by atoms with Crippen LogP contribution in [0.1, 0.15) is 39.2 Å². The smallest absolute Gasteiger partial charge is 0.310 e. The standard InChI is InChI=1S/C16H20BrClO2/c1-16(2,3)20-15(19)12(11-5-6-11)8-10-4-7-14(18)13(17)9-10/h4,7,9,11-12H,5-6,8H2,1-3H3. The molecule has 1 atom stereocenters. The number of esters is 1. The minimum Gasteiger partial charge on any atom is -0.460 e. The molecule has 0 heterocycles. The fourth-order valence-corrected chi connectivity index (χ4v) is 2.78. The highest BCUT2D eigenvalue weighted by Crippen LogP contribution is 2.40. The molecular formula is C16H20BrClO2. The number of hydrogen-bond donors (Lipinski definition) is 0. The van der Waals surface area contributed by atoms with Crippen molar-refractivity contribution in [2.75, 3.05) is 0 Å². The van der Waals surface area contributed by atoms with Crippen LogP contribution >= 0.6 is 27.5 Å². The topological polar surface area (TPSA) is 26.3 Å². The van der Waals surface area contributed by atoms with Crippen LogP contribution in [0, 0.1) is 11.8 Å². The molecule has 0 N–H and O–H groups in total. The maximum atomic E-state index is 12.3. The summed E-state index contributed by atoms with van der Waals surface area (Å²) in [5.41, 5.74) is 0.689. The summed E-state index contributed by atoms with van der Waals surface area (Å²) < 4.78 is 6.42. The fraction of sp³-hybridized carbons (Fsp3) is 0.562. The summed E-state index contributed by atoms with van der Waals surface area (Å²) in [4.78, 5) is 12.3. The van der Waals surface area contributed by atoms with E-state index in [0.29, 0.717) is 10.9 Å². The number of carbonyl (C=O) groups is 1. The Kier molecular flexibility index (Phi) is 4.80. The monoisotopic (exact) mass is 358 g/mol. The van der Waals surface area contributed by atoms with Gasteiger partial charge in [0.05, 0.1) is 10.9 Å². The molecule has 0 bridgehead atoms. The van der Waals surface area contributed by atoms with E-state index < -0.39 is 5.60 Å². The predicted octanol–water partition coefficient (Wildman–Crippen LogP) is 5.01. The van der Waals surface area contributed by atoms with Gasteiger partial charge in [0.25, 0.3) is 0 Å². The molecule has 0 saturated heterocycles. The first-order valence-electron chi connectivity index (χ1n) is 6.93. The van der Waals surface area contributed by atoms with Gasteiger partial charge in [0.15, 0.2) is 0 Å². The molecule has 2 rings (SSSR count). The van der Waals surface area contributed by atoms with Crippen LogP contribution in [-0.2, 0) is 16.0 Å². The Morgan fingerprint density at radius 1 is 1.45 bits per heavy atom. The van der Waals surface area contributed by atoms with Crippen LogP contribution in [-0.4, -0.2) is 11.6 Å². The van der Waals surface area contributed by atoms with Crippen LogP contribution in [0.5, 0.6) is 0 Å². The SMILES string of the molecule is CC(C)(C)OC(=O)C(Cc1ccc(Cl)c(Br)c1)C1CC1. The Morgan fingerprint density at radius 3 is 2.60 bits per heavy atom. The van der Waals surface area contributed by atoms with Gasteiger partial charge in [-0.3, -0.25) is 4.79 Å². The summed E-state index contributed by atoms with van der Waals surface area (Å²) >= 11 is 9.43. The molecule has 0 aromatic heterocycles. The highest BCUT2D eigenvalue weighted by molar-refractivity contribution is 9.10.